The second kappa shape index (κ2) is 6.54. The molecule has 3 rings (SSSR count). The standard InChI is InChI=1S/C17H16ClFN2O2/c1-11-2-3-12(8-15(11)19)17(22)21-7-5-13(10-21)23-16-4-6-20-9-14(16)18/h2-4,6,8-9,13H,5,7,10H2,1H3/t13-/m0/s1. The van der Waals surface area contributed by atoms with E-state index in [1.165, 1.54) is 12.3 Å². The monoisotopic (exact) mass is 334 g/mol. The summed E-state index contributed by atoms with van der Waals surface area (Å²) in [5.74, 6) is 0.00425. The van der Waals surface area contributed by atoms with Crippen LogP contribution in [-0.2, 0) is 0 Å². The minimum Gasteiger partial charge on any atom is -0.487 e. The third kappa shape index (κ3) is 3.45. The van der Waals surface area contributed by atoms with Crippen molar-refractivity contribution in [1.82, 2.24) is 9.88 Å². The minimum absolute atomic E-state index is 0.130. The molecule has 0 bridgehead atoms. The Morgan fingerprint density at radius 1 is 1.43 bits per heavy atom. The first-order valence-corrected chi connectivity index (χ1v) is 7.74. The predicted molar refractivity (Wildman–Crippen MR) is 85.3 cm³/mol. The second-order valence-corrected chi connectivity index (χ2v) is 5.96. The van der Waals surface area contributed by atoms with Crippen LogP contribution in [0.15, 0.2) is 36.7 Å². The predicted octanol–water partition coefficient (Wildman–Crippen LogP) is 3.48. The average molecular weight is 335 g/mol. The van der Waals surface area contributed by atoms with Gasteiger partial charge in [0.15, 0.2) is 0 Å². The average Bonchev–Trinajstić information content (AvgIpc) is 3.00. The number of amides is 1. The van der Waals surface area contributed by atoms with Gasteiger partial charge in [-0.2, -0.15) is 0 Å². The fraction of sp³-hybridized carbons (Fsp3) is 0.294. The quantitative estimate of drug-likeness (QED) is 0.863. The number of hydrogen-bond donors (Lipinski definition) is 0. The topological polar surface area (TPSA) is 42.4 Å². The van der Waals surface area contributed by atoms with Crippen LogP contribution >= 0.6 is 11.6 Å². The van der Waals surface area contributed by atoms with Crippen molar-refractivity contribution in [3.05, 3.63) is 58.6 Å². The number of pyridine rings is 1. The Hall–Kier alpha value is -2.14. The van der Waals surface area contributed by atoms with Crippen LogP contribution in [0.5, 0.6) is 5.75 Å². The van der Waals surface area contributed by atoms with Gasteiger partial charge in [0, 0.05) is 37.0 Å². The van der Waals surface area contributed by atoms with Crippen LogP contribution in [0.4, 0.5) is 4.39 Å². The molecule has 0 saturated carbocycles. The number of aromatic nitrogens is 1. The third-order valence-corrected chi connectivity index (χ3v) is 4.16. The number of benzene rings is 1. The molecule has 1 fully saturated rings. The summed E-state index contributed by atoms with van der Waals surface area (Å²) >= 11 is 6.02. The third-order valence-electron chi connectivity index (χ3n) is 3.88. The molecule has 2 aromatic rings. The van der Waals surface area contributed by atoms with E-state index in [1.807, 2.05) is 0 Å². The number of ether oxygens (including phenoxy) is 1. The molecule has 1 atom stereocenters. The van der Waals surface area contributed by atoms with E-state index in [1.54, 1.807) is 36.2 Å². The molecular formula is C17H16ClFN2O2. The highest BCUT2D eigenvalue weighted by molar-refractivity contribution is 6.31. The molecular weight excluding hydrogens is 319 g/mol. The Kier molecular flexibility index (Phi) is 4.48. The number of likely N-dealkylation sites (tertiary alicyclic amines) is 1. The lowest BCUT2D eigenvalue weighted by molar-refractivity contribution is 0.0772. The van der Waals surface area contributed by atoms with Gasteiger partial charge in [-0.1, -0.05) is 17.7 Å². The normalized spacial score (nSPS) is 17.3. The summed E-state index contributed by atoms with van der Waals surface area (Å²) in [5, 5.41) is 0.442. The highest BCUT2D eigenvalue weighted by Gasteiger charge is 2.29. The molecule has 0 unspecified atom stereocenters. The number of hydrogen-bond acceptors (Lipinski definition) is 3. The van der Waals surface area contributed by atoms with E-state index in [2.05, 4.69) is 4.98 Å². The molecule has 1 amide bonds. The van der Waals surface area contributed by atoms with Gasteiger partial charge in [0.2, 0.25) is 0 Å². The van der Waals surface area contributed by atoms with Crippen LogP contribution in [0, 0.1) is 12.7 Å². The van der Waals surface area contributed by atoms with Crippen LogP contribution in [0.3, 0.4) is 0 Å². The zero-order valence-corrected chi connectivity index (χ0v) is 13.4. The fourth-order valence-corrected chi connectivity index (χ4v) is 2.72. The number of nitrogens with zero attached hydrogens (tertiary/aromatic N) is 2. The maximum atomic E-state index is 13.6. The SMILES string of the molecule is Cc1ccc(C(=O)N2CC[C@H](Oc3ccncc3Cl)C2)cc1F. The van der Waals surface area contributed by atoms with E-state index in [0.717, 1.165) is 0 Å². The van der Waals surface area contributed by atoms with Crippen LogP contribution in [0.2, 0.25) is 5.02 Å². The van der Waals surface area contributed by atoms with Gasteiger partial charge in [-0.25, -0.2) is 4.39 Å². The zero-order valence-electron chi connectivity index (χ0n) is 12.6. The van der Waals surface area contributed by atoms with Crippen molar-refractivity contribution in [3.63, 3.8) is 0 Å². The molecule has 0 aliphatic carbocycles. The fourth-order valence-electron chi connectivity index (χ4n) is 2.55. The minimum atomic E-state index is -0.369. The van der Waals surface area contributed by atoms with Crippen LogP contribution in [-0.4, -0.2) is 35.0 Å². The van der Waals surface area contributed by atoms with Crippen molar-refractivity contribution in [2.75, 3.05) is 13.1 Å². The van der Waals surface area contributed by atoms with Crippen molar-refractivity contribution in [3.8, 4) is 5.75 Å². The molecule has 0 radical (unpaired) electrons. The van der Waals surface area contributed by atoms with E-state index < -0.39 is 0 Å². The molecule has 1 aliphatic rings. The molecule has 1 aromatic heterocycles. The molecule has 4 nitrogen and oxygen atoms in total. The lowest BCUT2D eigenvalue weighted by Crippen LogP contribution is -2.31. The van der Waals surface area contributed by atoms with Gasteiger partial charge in [0.05, 0.1) is 6.54 Å². The molecule has 6 heteroatoms. The Balaban J connectivity index is 1.66. The van der Waals surface area contributed by atoms with E-state index >= 15 is 0 Å². The first kappa shape index (κ1) is 15.7. The molecule has 1 saturated heterocycles. The molecule has 2 heterocycles. The summed E-state index contributed by atoms with van der Waals surface area (Å²) in [6, 6.07) is 6.24. The lowest BCUT2D eigenvalue weighted by atomic mass is 10.1. The highest BCUT2D eigenvalue weighted by atomic mass is 35.5. The van der Waals surface area contributed by atoms with Crippen molar-refractivity contribution in [2.24, 2.45) is 0 Å². The number of halogens is 2. The van der Waals surface area contributed by atoms with Gasteiger partial charge in [0.1, 0.15) is 22.7 Å². The largest absolute Gasteiger partial charge is 0.487 e. The molecule has 1 aromatic carbocycles. The highest BCUT2D eigenvalue weighted by Crippen LogP contribution is 2.26. The zero-order chi connectivity index (χ0) is 16.4. The van der Waals surface area contributed by atoms with Gasteiger partial charge < -0.3 is 9.64 Å². The van der Waals surface area contributed by atoms with Gasteiger partial charge in [-0.3, -0.25) is 9.78 Å². The molecule has 0 N–H and O–H groups in total. The van der Waals surface area contributed by atoms with Crippen LogP contribution < -0.4 is 4.74 Å². The van der Waals surface area contributed by atoms with Crippen molar-refractivity contribution in [2.45, 2.75) is 19.4 Å². The Labute approximate surface area is 138 Å². The van der Waals surface area contributed by atoms with E-state index in [4.69, 9.17) is 16.3 Å². The van der Waals surface area contributed by atoms with Gasteiger partial charge in [-0.05, 0) is 24.6 Å². The molecule has 120 valence electrons. The number of aryl methyl sites for hydroxylation is 1. The first-order valence-electron chi connectivity index (χ1n) is 7.36. The Morgan fingerprint density at radius 3 is 3.00 bits per heavy atom. The van der Waals surface area contributed by atoms with Crippen molar-refractivity contribution >= 4 is 17.5 Å². The van der Waals surface area contributed by atoms with Gasteiger partial charge in [-0.15, -0.1) is 0 Å². The van der Waals surface area contributed by atoms with E-state index in [9.17, 15) is 9.18 Å². The van der Waals surface area contributed by atoms with E-state index in [0.29, 0.717) is 41.4 Å². The molecule has 1 aliphatic heterocycles. The summed E-state index contributed by atoms with van der Waals surface area (Å²) < 4.78 is 19.4. The van der Waals surface area contributed by atoms with Gasteiger partial charge >= 0.3 is 0 Å². The van der Waals surface area contributed by atoms with Crippen molar-refractivity contribution < 1.29 is 13.9 Å². The maximum absolute atomic E-state index is 13.6. The maximum Gasteiger partial charge on any atom is 0.254 e. The molecule has 23 heavy (non-hydrogen) atoms. The summed E-state index contributed by atoms with van der Waals surface area (Å²) in [5.41, 5.74) is 0.882. The van der Waals surface area contributed by atoms with Crippen LogP contribution in [0.1, 0.15) is 22.3 Å². The lowest BCUT2D eigenvalue weighted by Gasteiger charge is -2.18. The molecule has 0 spiro atoms. The Bertz CT molecular complexity index is 738. The second-order valence-electron chi connectivity index (χ2n) is 5.55. The first-order chi connectivity index (χ1) is 11.0. The number of carbonyl (C=O) groups is 1. The van der Waals surface area contributed by atoms with Gasteiger partial charge in [0.25, 0.3) is 5.91 Å². The summed E-state index contributed by atoms with van der Waals surface area (Å²) in [7, 11) is 0. The summed E-state index contributed by atoms with van der Waals surface area (Å²) in [6.07, 6.45) is 3.70. The van der Waals surface area contributed by atoms with Crippen LogP contribution in [0.25, 0.3) is 0 Å². The van der Waals surface area contributed by atoms with E-state index in [-0.39, 0.29) is 17.8 Å². The number of carbonyl (C=O) groups excluding carboxylic acids is 1. The summed E-state index contributed by atoms with van der Waals surface area (Å²) in [4.78, 5) is 18.0. The summed E-state index contributed by atoms with van der Waals surface area (Å²) in [6.45, 7) is 2.69. The smallest absolute Gasteiger partial charge is 0.254 e. The Morgan fingerprint density at radius 2 is 2.26 bits per heavy atom. The number of rotatable bonds is 3. The van der Waals surface area contributed by atoms with Crippen molar-refractivity contribution in [1.29, 1.82) is 0 Å².